The minimum atomic E-state index is -4.45. The molecule has 0 aliphatic heterocycles. The highest BCUT2D eigenvalue weighted by molar-refractivity contribution is 7.47. The largest absolute Gasteiger partial charge is 0.472 e. The van der Waals surface area contributed by atoms with E-state index in [1.165, 1.54) is 218 Å². The average molecular weight is 1110 g/mol. The SMILES string of the molecule is CCCCC/C=C/C=C/CCCCCCCCC(=O)NC(COP(=O)(O)OCC[N+](C)(C)C)C(/C=C\CCCCCCCCCCC)OC(=O)CCCCCCCCCCCCCCCCCCCCCCCCCCC. The number of carbonyl (C=O) groups excluding carboxylic acids is 2. The summed E-state index contributed by atoms with van der Waals surface area (Å²) in [4.78, 5) is 37.7. The minimum Gasteiger partial charge on any atom is -0.456 e. The molecule has 2 N–H and O–H groups in total. The number of hydrogen-bond donors (Lipinski definition) is 2. The summed E-state index contributed by atoms with van der Waals surface area (Å²) in [6.45, 7) is 7.01. The van der Waals surface area contributed by atoms with Crippen LogP contribution < -0.4 is 5.32 Å². The number of allylic oxidation sites excluding steroid dienone is 5. The lowest BCUT2D eigenvalue weighted by molar-refractivity contribution is -0.870. The molecule has 0 spiro atoms. The highest BCUT2D eigenvalue weighted by atomic mass is 31.2. The van der Waals surface area contributed by atoms with E-state index in [1.54, 1.807) is 0 Å². The van der Waals surface area contributed by atoms with E-state index in [2.05, 4.69) is 50.4 Å². The second kappa shape index (κ2) is 57.5. The Hall–Kier alpha value is -1.77. The zero-order chi connectivity index (χ0) is 56.4. The maximum atomic E-state index is 13.5. The van der Waals surface area contributed by atoms with Gasteiger partial charge in [-0.15, -0.1) is 0 Å². The Bertz CT molecular complexity index is 1410. The molecule has 3 atom stereocenters. The summed E-state index contributed by atoms with van der Waals surface area (Å²) in [5.41, 5.74) is 0. The molecule has 0 aliphatic carbocycles. The van der Waals surface area contributed by atoms with Gasteiger partial charge >= 0.3 is 13.8 Å². The Morgan fingerprint density at radius 2 is 0.779 bits per heavy atom. The normalized spacial score (nSPS) is 13.8. The number of carbonyl (C=O) groups is 2. The average Bonchev–Trinajstić information content (AvgIpc) is 3.39. The van der Waals surface area contributed by atoms with Gasteiger partial charge in [0.1, 0.15) is 19.3 Å². The monoisotopic (exact) mass is 1110 g/mol. The van der Waals surface area contributed by atoms with Crippen molar-refractivity contribution in [2.45, 2.75) is 341 Å². The van der Waals surface area contributed by atoms with Gasteiger partial charge in [-0.3, -0.25) is 18.6 Å². The lowest BCUT2D eigenvalue weighted by atomic mass is 10.0. The molecule has 77 heavy (non-hydrogen) atoms. The number of likely N-dealkylation sites (N-methyl/N-ethyl adjacent to an activating group) is 1. The van der Waals surface area contributed by atoms with Crippen molar-refractivity contribution in [3.8, 4) is 0 Å². The first-order valence-corrected chi connectivity index (χ1v) is 34.8. The third-order valence-corrected chi connectivity index (χ3v) is 16.1. The molecule has 0 aromatic rings. The van der Waals surface area contributed by atoms with Crippen molar-refractivity contribution in [2.24, 2.45) is 0 Å². The summed E-state index contributed by atoms with van der Waals surface area (Å²) in [5.74, 6) is -0.504. The van der Waals surface area contributed by atoms with Gasteiger partial charge in [-0.1, -0.05) is 295 Å². The van der Waals surface area contributed by atoms with Crippen molar-refractivity contribution in [3.05, 3.63) is 36.5 Å². The summed E-state index contributed by atoms with van der Waals surface area (Å²) >= 11 is 0. The maximum absolute atomic E-state index is 13.5. The predicted octanol–water partition coefficient (Wildman–Crippen LogP) is 20.7. The fourth-order valence-corrected chi connectivity index (χ4v) is 10.7. The van der Waals surface area contributed by atoms with Gasteiger partial charge in [-0.2, -0.15) is 0 Å². The van der Waals surface area contributed by atoms with Gasteiger partial charge in [0, 0.05) is 12.8 Å². The molecule has 0 fully saturated rings. The van der Waals surface area contributed by atoms with E-state index in [9.17, 15) is 19.0 Å². The quantitative estimate of drug-likeness (QED) is 0.0156. The van der Waals surface area contributed by atoms with Crippen LogP contribution in [0.5, 0.6) is 0 Å². The zero-order valence-electron chi connectivity index (χ0n) is 52.0. The number of quaternary nitrogens is 1. The third kappa shape index (κ3) is 58.7. The number of amides is 1. The Labute approximate surface area is 478 Å². The van der Waals surface area contributed by atoms with Gasteiger partial charge < -0.3 is 19.4 Å². The molecule has 3 unspecified atom stereocenters. The zero-order valence-corrected chi connectivity index (χ0v) is 52.9. The fraction of sp³-hybridized carbons (Fsp3) is 0.881. The van der Waals surface area contributed by atoms with Crippen LogP contribution in [-0.2, 0) is 27.9 Å². The van der Waals surface area contributed by atoms with Crippen molar-refractivity contribution in [2.75, 3.05) is 40.9 Å². The number of rotatable bonds is 61. The van der Waals surface area contributed by atoms with Crippen LogP contribution in [0.15, 0.2) is 36.5 Å². The number of hydrogen-bond acceptors (Lipinski definition) is 6. The molecule has 0 heterocycles. The highest BCUT2D eigenvalue weighted by Crippen LogP contribution is 2.43. The number of ether oxygens (including phenoxy) is 1. The molecule has 0 aromatic carbocycles. The van der Waals surface area contributed by atoms with E-state index in [-0.39, 0.29) is 25.1 Å². The van der Waals surface area contributed by atoms with Crippen LogP contribution in [0.1, 0.15) is 329 Å². The van der Waals surface area contributed by atoms with Gasteiger partial charge in [0.05, 0.1) is 33.8 Å². The van der Waals surface area contributed by atoms with Crippen molar-refractivity contribution in [1.29, 1.82) is 0 Å². The topological polar surface area (TPSA) is 111 Å². The molecular weight excluding hydrogens is 976 g/mol. The standard InChI is InChI=1S/C67H129N2O7P/c1-7-10-13-16-19-22-25-27-29-30-31-32-33-34-35-36-37-38-40-42-45-48-51-54-57-60-67(71)76-65(58-55-52-49-46-43-24-21-18-15-12-9-3)64(63-75-77(72,73)74-62-61-69(4,5)6)68-66(70)59-56-53-50-47-44-41-39-28-26-23-20-17-14-11-8-2/h20,23,26,28,55,58,64-65H,7-19,21-22,24-25,27,29-54,56-57,59-63H2,1-6H3,(H-,68,70,72,73)/p+1/b23-20+,28-26+,58-55-. The molecule has 0 aromatic heterocycles. The van der Waals surface area contributed by atoms with Crippen molar-refractivity contribution < 1.29 is 37.3 Å². The highest BCUT2D eigenvalue weighted by Gasteiger charge is 2.30. The molecule has 0 saturated carbocycles. The van der Waals surface area contributed by atoms with Crippen LogP contribution >= 0.6 is 7.82 Å². The smallest absolute Gasteiger partial charge is 0.456 e. The van der Waals surface area contributed by atoms with Gasteiger partial charge in [-0.25, -0.2) is 4.57 Å². The van der Waals surface area contributed by atoms with Crippen molar-refractivity contribution in [1.82, 2.24) is 5.32 Å². The van der Waals surface area contributed by atoms with Crippen molar-refractivity contribution in [3.63, 3.8) is 0 Å². The molecule has 0 bridgehead atoms. The summed E-state index contributed by atoms with van der Waals surface area (Å²) in [7, 11) is 1.50. The molecule has 0 rings (SSSR count). The van der Waals surface area contributed by atoms with Crippen LogP contribution in [0.3, 0.4) is 0 Å². The summed E-state index contributed by atoms with van der Waals surface area (Å²) < 4.78 is 30.7. The first kappa shape index (κ1) is 75.2. The Morgan fingerprint density at radius 1 is 0.455 bits per heavy atom. The van der Waals surface area contributed by atoms with Crippen LogP contribution in [0.4, 0.5) is 0 Å². The Kier molecular flexibility index (Phi) is 56.1. The van der Waals surface area contributed by atoms with E-state index in [0.717, 1.165) is 77.0 Å². The first-order chi connectivity index (χ1) is 37.4. The molecule has 454 valence electrons. The summed E-state index contributed by atoms with van der Waals surface area (Å²) in [6.07, 6.45) is 70.2. The number of unbranched alkanes of at least 4 members (excludes halogenated alkanes) is 42. The summed E-state index contributed by atoms with van der Waals surface area (Å²) in [5, 5.41) is 3.05. The number of phosphoric acid groups is 1. The number of esters is 1. The second-order valence-electron chi connectivity index (χ2n) is 24.0. The number of nitrogens with one attached hydrogen (secondary N) is 1. The molecule has 0 aliphatic rings. The number of nitrogens with zero attached hydrogens (tertiary/aromatic N) is 1. The molecule has 0 saturated heterocycles. The van der Waals surface area contributed by atoms with Crippen LogP contribution in [-0.4, -0.2) is 74.3 Å². The van der Waals surface area contributed by atoms with E-state index in [4.69, 9.17) is 13.8 Å². The lowest BCUT2D eigenvalue weighted by Crippen LogP contribution is -2.47. The Morgan fingerprint density at radius 3 is 1.17 bits per heavy atom. The van der Waals surface area contributed by atoms with Crippen LogP contribution in [0.25, 0.3) is 0 Å². The predicted molar refractivity (Wildman–Crippen MR) is 332 cm³/mol. The van der Waals surface area contributed by atoms with E-state index in [1.807, 2.05) is 33.3 Å². The van der Waals surface area contributed by atoms with E-state index >= 15 is 0 Å². The first-order valence-electron chi connectivity index (χ1n) is 33.3. The minimum absolute atomic E-state index is 0.0399. The number of phosphoric ester groups is 1. The molecule has 0 radical (unpaired) electrons. The molecular formula is C67H130N2O7P+. The summed E-state index contributed by atoms with van der Waals surface area (Å²) in [6, 6.07) is -0.850. The van der Waals surface area contributed by atoms with E-state index in [0.29, 0.717) is 23.9 Å². The molecule has 10 heteroatoms. The van der Waals surface area contributed by atoms with E-state index < -0.39 is 20.0 Å². The molecule has 1 amide bonds. The fourth-order valence-electron chi connectivity index (χ4n) is 9.93. The van der Waals surface area contributed by atoms with Crippen LogP contribution in [0, 0.1) is 0 Å². The van der Waals surface area contributed by atoms with Crippen LogP contribution in [0.2, 0.25) is 0 Å². The maximum Gasteiger partial charge on any atom is 0.472 e. The second-order valence-corrected chi connectivity index (χ2v) is 25.5. The van der Waals surface area contributed by atoms with Gasteiger partial charge in [0.25, 0.3) is 0 Å². The van der Waals surface area contributed by atoms with Crippen molar-refractivity contribution >= 4 is 19.7 Å². The van der Waals surface area contributed by atoms with Gasteiger partial charge in [0.15, 0.2) is 0 Å². The lowest BCUT2D eigenvalue weighted by Gasteiger charge is -2.27. The Balaban J connectivity index is 5.02. The van der Waals surface area contributed by atoms with Gasteiger partial charge in [0.2, 0.25) is 5.91 Å². The van der Waals surface area contributed by atoms with Gasteiger partial charge in [-0.05, 0) is 57.4 Å². The third-order valence-electron chi connectivity index (χ3n) is 15.1. The molecule has 9 nitrogen and oxygen atoms in total.